The molecule has 0 radical (unpaired) electrons. The molecule has 0 aromatic carbocycles. The van der Waals surface area contributed by atoms with Crippen molar-refractivity contribution in [2.75, 3.05) is 13.2 Å². The highest BCUT2D eigenvalue weighted by atomic mass is 35.5. The van der Waals surface area contributed by atoms with Crippen LogP contribution in [0.4, 0.5) is 0 Å². The van der Waals surface area contributed by atoms with Crippen molar-refractivity contribution >= 4 is 11.6 Å². The van der Waals surface area contributed by atoms with Crippen molar-refractivity contribution in [3.8, 4) is 0 Å². The van der Waals surface area contributed by atoms with Crippen LogP contribution in [0.1, 0.15) is 24.1 Å². The van der Waals surface area contributed by atoms with Crippen LogP contribution in [0.5, 0.6) is 0 Å². The van der Waals surface area contributed by atoms with Crippen molar-refractivity contribution in [3.05, 3.63) is 16.4 Å². The lowest BCUT2D eigenvalue weighted by Gasteiger charge is -2.31. The Kier molecular flexibility index (Phi) is 3.24. The Hall–Kier alpha value is -0.580. The first-order chi connectivity index (χ1) is 7.52. The van der Waals surface area contributed by atoms with E-state index in [-0.39, 0.29) is 0 Å². The van der Waals surface area contributed by atoms with E-state index in [1.54, 1.807) is 11.7 Å². The highest BCUT2D eigenvalue weighted by Gasteiger charge is 2.32. The van der Waals surface area contributed by atoms with Gasteiger partial charge in [-0.25, -0.2) is 0 Å². The Balaban J connectivity index is 2.19. The van der Waals surface area contributed by atoms with E-state index in [1.165, 1.54) is 0 Å². The van der Waals surface area contributed by atoms with Gasteiger partial charge in [-0.2, -0.15) is 5.10 Å². The number of aryl methyl sites for hydroxylation is 2. The van der Waals surface area contributed by atoms with Crippen LogP contribution in [0.3, 0.4) is 0 Å². The number of ether oxygens (including phenoxy) is 1. The van der Waals surface area contributed by atoms with E-state index >= 15 is 0 Å². The van der Waals surface area contributed by atoms with E-state index in [1.807, 2.05) is 6.92 Å². The molecule has 1 aromatic rings. The highest BCUT2D eigenvalue weighted by Crippen LogP contribution is 2.28. The van der Waals surface area contributed by atoms with Gasteiger partial charge in [-0.1, -0.05) is 11.6 Å². The fraction of sp³-hybridized carbons (Fsp3) is 0.727. The van der Waals surface area contributed by atoms with Crippen molar-refractivity contribution in [2.45, 2.75) is 31.8 Å². The van der Waals surface area contributed by atoms with Crippen LogP contribution in [0.2, 0.25) is 5.15 Å². The van der Waals surface area contributed by atoms with E-state index in [0.29, 0.717) is 18.2 Å². The Bertz CT molecular complexity index is 384. The highest BCUT2D eigenvalue weighted by molar-refractivity contribution is 6.30. The fourth-order valence-corrected chi connectivity index (χ4v) is 2.42. The summed E-state index contributed by atoms with van der Waals surface area (Å²) < 4.78 is 6.96. The summed E-state index contributed by atoms with van der Waals surface area (Å²) in [4.78, 5) is 0. The quantitative estimate of drug-likeness (QED) is 0.857. The molecule has 1 atom stereocenters. The van der Waals surface area contributed by atoms with Crippen LogP contribution in [-0.2, 0) is 18.2 Å². The molecule has 0 bridgehead atoms. The second-order valence-electron chi connectivity index (χ2n) is 4.54. The monoisotopic (exact) mass is 244 g/mol. The lowest BCUT2D eigenvalue weighted by atomic mass is 9.89. The van der Waals surface area contributed by atoms with E-state index in [9.17, 15) is 5.11 Å². The Morgan fingerprint density at radius 1 is 1.62 bits per heavy atom. The summed E-state index contributed by atoms with van der Waals surface area (Å²) in [5.74, 6) is 0. The van der Waals surface area contributed by atoms with Crippen molar-refractivity contribution in [1.29, 1.82) is 0 Å². The van der Waals surface area contributed by atoms with Gasteiger partial charge in [0.15, 0.2) is 0 Å². The van der Waals surface area contributed by atoms with Gasteiger partial charge in [0.2, 0.25) is 0 Å². The zero-order valence-corrected chi connectivity index (χ0v) is 10.4. The zero-order valence-electron chi connectivity index (χ0n) is 9.66. The molecule has 2 heterocycles. The summed E-state index contributed by atoms with van der Waals surface area (Å²) in [6.45, 7) is 3.04. The average molecular weight is 245 g/mol. The molecule has 1 aliphatic rings. The molecular weight excluding hydrogens is 228 g/mol. The predicted molar refractivity (Wildman–Crippen MR) is 61.7 cm³/mol. The number of aliphatic hydroxyl groups is 1. The van der Waals surface area contributed by atoms with Crippen LogP contribution >= 0.6 is 11.6 Å². The fourth-order valence-electron chi connectivity index (χ4n) is 2.18. The summed E-state index contributed by atoms with van der Waals surface area (Å²) in [7, 11) is 1.81. The van der Waals surface area contributed by atoms with E-state index in [2.05, 4.69) is 5.10 Å². The van der Waals surface area contributed by atoms with Gasteiger partial charge in [-0.05, 0) is 19.8 Å². The van der Waals surface area contributed by atoms with Crippen LogP contribution < -0.4 is 0 Å². The topological polar surface area (TPSA) is 47.3 Å². The van der Waals surface area contributed by atoms with Gasteiger partial charge >= 0.3 is 0 Å². The SMILES string of the molecule is Cc1nn(C)c(Cl)c1CC1(O)CCCOC1. The summed E-state index contributed by atoms with van der Waals surface area (Å²) >= 11 is 6.14. The Morgan fingerprint density at radius 2 is 2.38 bits per heavy atom. The molecule has 1 fully saturated rings. The van der Waals surface area contributed by atoms with Gasteiger partial charge in [-0.3, -0.25) is 4.68 Å². The molecule has 1 saturated heterocycles. The predicted octanol–water partition coefficient (Wildman–Crippen LogP) is 1.47. The maximum absolute atomic E-state index is 10.4. The summed E-state index contributed by atoms with van der Waals surface area (Å²) in [6, 6.07) is 0. The first-order valence-electron chi connectivity index (χ1n) is 5.50. The zero-order chi connectivity index (χ0) is 11.8. The molecule has 1 unspecified atom stereocenters. The van der Waals surface area contributed by atoms with E-state index < -0.39 is 5.60 Å². The molecule has 0 aliphatic carbocycles. The largest absolute Gasteiger partial charge is 0.387 e. The minimum absolute atomic E-state index is 0.387. The van der Waals surface area contributed by atoms with Crippen LogP contribution in [0.15, 0.2) is 0 Å². The first-order valence-corrected chi connectivity index (χ1v) is 5.88. The maximum Gasteiger partial charge on any atom is 0.130 e. The van der Waals surface area contributed by atoms with E-state index in [4.69, 9.17) is 16.3 Å². The number of hydrogen-bond acceptors (Lipinski definition) is 3. The van der Waals surface area contributed by atoms with Gasteiger partial charge in [-0.15, -0.1) is 0 Å². The van der Waals surface area contributed by atoms with Crippen LogP contribution in [0.25, 0.3) is 0 Å². The standard InChI is InChI=1S/C11H17ClN2O2/c1-8-9(10(12)14(2)13-8)6-11(15)4-3-5-16-7-11/h15H,3-7H2,1-2H3. The second-order valence-corrected chi connectivity index (χ2v) is 4.89. The lowest BCUT2D eigenvalue weighted by Crippen LogP contribution is -2.40. The van der Waals surface area contributed by atoms with Crippen LogP contribution in [-0.4, -0.2) is 33.7 Å². The number of aromatic nitrogens is 2. The van der Waals surface area contributed by atoms with Crippen LogP contribution in [0, 0.1) is 6.92 Å². The van der Waals surface area contributed by atoms with Gasteiger partial charge in [0, 0.05) is 25.6 Å². The second kappa shape index (κ2) is 4.35. The van der Waals surface area contributed by atoms with Gasteiger partial charge in [0.25, 0.3) is 0 Å². The molecule has 0 saturated carbocycles. The third-order valence-corrected chi connectivity index (χ3v) is 3.55. The molecule has 5 heteroatoms. The Morgan fingerprint density at radius 3 is 2.88 bits per heavy atom. The number of rotatable bonds is 2. The smallest absolute Gasteiger partial charge is 0.130 e. The average Bonchev–Trinajstić information content (AvgIpc) is 2.46. The number of nitrogens with zero attached hydrogens (tertiary/aromatic N) is 2. The first kappa shape index (κ1) is 11.9. The summed E-state index contributed by atoms with van der Waals surface area (Å²) in [5, 5.41) is 15.2. The molecule has 0 spiro atoms. The number of halogens is 1. The van der Waals surface area contributed by atoms with Gasteiger partial charge < -0.3 is 9.84 Å². The molecule has 0 amide bonds. The summed E-state index contributed by atoms with van der Waals surface area (Å²) in [6.07, 6.45) is 2.18. The molecule has 1 aliphatic heterocycles. The third-order valence-electron chi connectivity index (χ3n) is 3.08. The third kappa shape index (κ3) is 2.24. The molecule has 2 rings (SSSR count). The minimum Gasteiger partial charge on any atom is -0.387 e. The summed E-state index contributed by atoms with van der Waals surface area (Å²) in [5.41, 5.74) is 1.03. The molecule has 1 aromatic heterocycles. The number of hydrogen-bond donors (Lipinski definition) is 1. The minimum atomic E-state index is -0.782. The van der Waals surface area contributed by atoms with Crippen molar-refractivity contribution in [3.63, 3.8) is 0 Å². The van der Waals surface area contributed by atoms with Crippen molar-refractivity contribution < 1.29 is 9.84 Å². The molecule has 1 N–H and O–H groups in total. The molecular formula is C11H17ClN2O2. The lowest BCUT2D eigenvalue weighted by molar-refractivity contribution is -0.0845. The van der Waals surface area contributed by atoms with Gasteiger partial charge in [0.05, 0.1) is 17.9 Å². The molecule has 4 nitrogen and oxygen atoms in total. The van der Waals surface area contributed by atoms with Gasteiger partial charge in [0.1, 0.15) is 5.15 Å². The Labute approximate surface area is 100 Å². The van der Waals surface area contributed by atoms with E-state index in [0.717, 1.165) is 30.7 Å². The normalized spacial score (nSPS) is 26.0. The van der Waals surface area contributed by atoms with Crippen molar-refractivity contribution in [2.24, 2.45) is 7.05 Å². The maximum atomic E-state index is 10.4. The molecule has 90 valence electrons. The molecule has 16 heavy (non-hydrogen) atoms. The van der Waals surface area contributed by atoms with Crippen molar-refractivity contribution in [1.82, 2.24) is 9.78 Å².